The quantitative estimate of drug-likeness (QED) is 0.0440. The predicted molar refractivity (Wildman–Crippen MR) is 178 cm³/mol. The number of nitrogens with zero attached hydrogens (tertiary/aromatic N) is 1. The van der Waals surface area contributed by atoms with Gasteiger partial charge in [0.15, 0.2) is 12.1 Å². The number of carboxylic acids is 1. The van der Waals surface area contributed by atoms with E-state index >= 15 is 0 Å². The minimum absolute atomic E-state index is 0.0185. The van der Waals surface area contributed by atoms with Crippen LogP contribution in [0.1, 0.15) is 97.3 Å². The number of ether oxygens (including phenoxy) is 3. The van der Waals surface area contributed by atoms with Gasteiger partial charge in [-0.2, -0.15) is 0 Å². The van der Waals surface area contributed by atoms with E-state index in [0.29, 0.717) is 19.3 Å². The van der Waals surface area contributed by atoms with E-state index in [0.717, 1.165) is 57.8 Å². The number of allylic oxidation sites excluding steroid dienone is 9. The second kappa shape index (κ2) is 27.6. The number of carbonyl (C=O) groups is 3. The van der Waals surface area contributed by atoms with Crippen LogP contribution in [0.5, 0.6) is 0 Å². The van der Waals surface area contributed by atoms with Gasteiger partial charge < -0.3 is 23.8 Å². The molecule has 0 aromatic rings. The van der Waals surface area contributed by atoms with Gasteiger partial charge >= 0.3 is 17.9 Å². The van der Waals surface area contributed by atoms with Gasteiger partial charge in [0.25, 0.3) is 0 Å². The zero-order valence-electron chi connectivity index (χ0n) is 28.1. The minimum atomic E-state index is -0.894. The van der Waals surface area contributed by atoms with Crippen LogP contribution >= 0.6 is 0 Å². The molecule has 0 fully saturated rings. The van der Waals surface area contributed by atoms with Gasteiger partial charge in [-0.15, -0.1) is 0 Å². The molecule has 1 N–H and O–H groups in total. The van der Waals surface area contributed by atoms with Crippen LogP contribution in [-0.2, 0) is 28.6 Å². The Balaban J connectivity index is 4.61. The van der Waals surface area contributed by atoms with E-state index in [1.54, 1.807) is 6.08 Å². The van der Waals surface area contributed by atoms with Gasteiger partial charge in [0.2, 0.25) is 0 Å². The summed E-state index contributed by atoms with van der Waals surface area (Å²) in [6.45, 7) is 4.38. The number of aliphatic carboxylic acids is 1. The minimum Gasteiger partial charge on any atom is -0.477 e. The molecule has 0 aliphatic heterocycles. The highest BCUT2D eigenvalue weighted by Gasteiger charge is 2.31. The number of hydrogen-bond acceptors (Lipinski definition) is 6. The Morgan fingerprint density at radius 3 is 1.77 bits per heavy atom. The SMILES string of the molecule is CC/C=C\C/C=C\C/C=C\C/C=C\C/C=C\CC(=O)OC(COCCC(C(=O)O)[N+](C)(C)C)COC(=O)CCCCCCC. The Labute approximate surface area is 267 Å². The van der Waals surface area contributed by atoms with Crippen LogP contribution in [0.2, 0.25) is 0 Å². The third kappa shape index (κ3) is 25.5. The van der Waals surface area contributed by atoms with E-state index in [-0.39, 0.29) is 36.7 Å². The monoisotopic (exact) mass is 618 g/mol. The maximum absolute atomic E-state index is 12.5. The average Bonchev–Trinajstić information content (AvgIpc) is 2.96. The van der Waals surface area contributed by atoms with Crippen LogP contribution in [0.25, 0.3) is 0 Å². The topological polar surface area (TPSA) is 99.1 Å². The lowest BCUT2D eigenvalue weighted by Crippen LogP contribution is -2.50. The first-order valence-electron chi connectivity index (χ1n) is 16.3. The number of hydrogen-bond donors (Lipinski definition) is 1. The first kappa shape index (κ1) is 41.0. The van der Waals surface area contributed by atoms with Gasteiger partial charge in [0, 0.05) is 12.8 Å². The average molecular weight is 619 g/mol. The molecular weight excluding hydrogens is 558 g/mol. The Bertz CT molecular complexity index is 912. The zero-order chi connectivity index (χ0) is 32.9. The Hall–Kier alpha value is -2.97. The zero-order valence-corrected chi connectivity index (χ0v) is 28.1. The smallest absolute Gasteiger partial charge is 0.362 e. The summed E-state index contributed by atoms with van der Waals surface area (Å²) in [5, 5.41) is 9.52. The molecule has 44 heavy (non-hydrogen) atoms. The molecule has 0 bridgehead atoms. The van der Waals surface area contributed by atoms with Gasteiger partial charge in [-0.1, -0.05) is 100 Å². The summed E-state index contributed by atoms with van der Waals surface area (Å²) in [6.07, 6.45) is 30.4. The number of unbranched alkanes of at least 4 members (excludes halogenated alkanes) is 4. The number of quaternary nitrogens is 1. The standard InChI is InChI=1S/C36H59NO7/c1-6-8-10-12-13-14-15-16-17-18-19-20-21-23-25-27-35(39)44-32(31-43-34(38)26-24-22-11-9-7-2)30-42-29-28-33(36(40)41)37(3,4)5/h8,10,13-14,16-17,19-20,23,25,32-33H,6-7,9,11-12,15,18,21-22,24,26-31H2,1-5H3/p+1/b10-8-,14-13-,17-16-,20-19-,25-23-. The molecule has 0 amide bonds. The van der Waals surface area contributed by atoms with Crippen molar-refractivity contribution in [2.75, 3.05) is 41.0 Å². The van der Waals surface area contributed by atoms with Crippen LogP contribution < -0.4 is 0 Å². The molecule has 0 aromatic carbocycles. The second-order valence-corrected chi connectivity index (χ2v) is 11.7. The number of likely N-dealkylation sites (N-methyl/N-ethyl adjacent to an activating group) is 1. The van der Waals surface area contributed by atoms with Crippen molar-refractivity contribution >= 4 is 17.9 Å². The lowest BCUT2D eigenvalue weighted by Gasteiger charge is -2.31. The Kier molecular flexibility index (Phi) is 25.7. The highest BCUT2D eigenvalue weighted by Crippen LogP contribution is 2.10. The van der Waals surface area contributed by atoms with Crippen LogP contribution in [0.15, 0.2) is 60.8 Å². The van der Waals surface area contributed by atoms with Crippen molar-refractivity contribution in [3.63, 3.8) is 0 Å². The van der Waals surface area contributed by atoms with Crippen molar-refractivity contribution < 1.29 is 38.2 Å². The molecule has 0 heterocycles. The summed E-state index contributed by atoms with van der Waals surface area (Å²) >= 11 is 0. The molecule has 2 atom stereocenters. The number of rotatable bonds is 27. The summed E-state index contributed by atoms with van der Waals surface area (Å²) in [6, 6.07) is -0.628. The van der Waals surface area contributed by atoms with E-state index in [1.165, 1.54) is 0 Å². The van der Waals surface area contributed by atoms with E-state index < -0.39 is 24.1 Å². The largest absolute Gasteiger partial charge is 0.477 e. The van der Waals surface area contributed by atoms with Gasteiger partial charge in [-0.05, 0) is 38.5 Å². The molecule has 8 heteroatoms. The third-order valence-corrected chi connectivity index (χ3v) is 6.71. The number of esters is 2. The van der Waals surface area contributed by atoms with Crippen LogP contribution in [0.4, 0.5) is 0 Å². The van der Waals surface area contributed by atoms with Crippen molar-refractivity contribution in [2.24, 2.45) is 0 Å². The molecular formula is C36H60NO7+. The summed E-state index contributed by atoms with van der Waals surface area (Å²) in [5.74, 6) is -1.66. The van der Waals surface area contributed by atoms with E-state index in [9.17, 15) is 19.5 Å². The first-order chi connectivity index (χ1) is 21.1. The lowest BCUT2D eigenvalue weighted by molar-refractivity contribution is -0.887. The predicted octanol–water partition coefficient (Wildman–Crippen LogP) is 7.51. The molecule has 0 aliphatic carbocycles. The third-order valence-electron chi connectivity index (χ3n) is 6.71. The maximum atomic E-state index is 12.5. The highest BCUT2D eigenvalue weighted by molar-refractivity contribution is 5.72. The van der Waals surface area contributed by atoms with Crippen molar-refractivity contribution in [3.05, 3.63) is 60.8 Å². The van der Waals surface area contributed by atoms with E-state index in [2.05, 4.69) is 62.5 Å². The van der Waals surface area contributed by atoms with Crippen molar-refractivity contribution in [1.82, 2.24) is 0 Å². The fraction of sp³-hybridized carbons (Fsp3) is 0.639. The highest BCUT2D eigenvalue weighted by atomic mass is 16.6. The molecule has 2 unspecified atom stereocenters. The molecule has 0 aromatic heterocycles. The molecule has 0 saturated heterocycles. The molecule has 0 spiro atoms. The van der Waals surface area contributed by atoms with Gasteiger partial charge in [0.1, 0.15) is 6.61 Å². The van der Waals surface area contributed by atoms with Gasteiger partial charge in [0.05, 0.1) is 40.8 Å². The van der Waals surface area contributed by atoms with Crippen LogP contribution in [-0.4, -0.2) is 80.6 Å². The fourth-order valence-corrected chi connectivity index (χ4v) is 4.16. The normalized spacial score (nSPS) is 13.9. The molecule has 0 rings (SSSR count). The Morgan fingerprint density at radius 2 is 1.25 bits per heavy atom. The summed E-state index contributed by atoms with van der Waals surface area (Å²) in [7, 11) is 5.46. The second-order valence-electron chi connectivity index (χ2n) is 11.7. The molecule has 0 radical (unpaired) electrons. The summed E-state index contributed by atoms with van der Waals surface area (Å²) in [5.41, 5.74) is 0. The van der Waals surface area contributed by atoms with Crippen molar-refractivity contribution in [1.29, 1.82) is 0 Å². The molecule has 0 saturated carbocycles. The Morgan fingerprint density at radius 1 is 0.705 bits per heavy atom. The van der Waals surface area contributed by atoms with Crippen molar-refractivity contribution in [2.45, 2.75) is 109 Å². The van der Waals surface area contributed by atoms with Crippen molar-refractivity contribution in [3.8, 4) is 0 Å². The van der Waals surface area contributed by atoms with Crippen LogP contribution in [0, 0.1) is 0 Å². The van der Waals surface area contributed by atoms with E-state index in [4.69, 9.17) is 14.2 Å². The first-order valence-corrected chi connectivity index (χ1v) is 16.3. The number of carboxylic acid groups (broad SMARTS) is 1. The van der Waals surface area contributed by atoms with E-state index in [1.807, 2.05) is 27.2 Å². The maximum Gasteiger partial charge on any atom is 0.362 e. The van der Waals surface area contributed by atoms with Crippen LogP contribution in [0.3, 0.4) is 0 Å². The molecule has 250 valence electrons. The fourth-order valence-electron chi connectivity index (χ4n) is 4.16. The lowest BCUT2D eigenvalue weighted by atomic mass is 10.1. The summed E-state index contributed by atoms with van der Waals surface area (Å²) < 4.78 is 16.9. The van der Waals surface area contributed by atoms with Gasteiger partial charge in [-0.25, -0.2) is 4.79 Å². The molecule has 0 aliphatic rings. The van der Waals surface area contributed by atoms with Gasteiger partial charge in [-0.3, -0.25) is 9.59 Å². The molecule has 8 nitrogen and oxygen atoms in total. The number of carbonyl (C=O) groups excluding carboxylic acids is 2. The summed E-state index contributed by atoms with van der Waals surface area (Å²) in [4.78, 5) is 36.3.